The Hall–Kier alpha value is -3.44. The molecule has 0 saturated carbocycles. The molecule has 36 heavy (non-hydrogen) atoms. The summed E-state index contributed by atoms with van der Waals surface area (Å²) in [5.41, 5.74) is 3.13. The van der Waals surface area contributed by atoms with Gasteiger partial charge in [-0.15, -0.1) is 0 Å². The number of amides is 1. The van der Waals surface area contributed by atoms with Crippen LogP contribution < -0.4 is 0 Å². The van der Waals surface area contributed by atoms with Gasteiger partial charge in [0.25, 0.3) is 0 Å². The first-order valence-corrected chi connectivity index (χ1v) is 13.0. The van der Waals surface area contributed by atoms with E-state index in [1.807, 2.05) is 66.7 Å². The highest BCUT2D eigenvalue weighted by atomic mass is 16.4. The summed E-state index contributed by atoms with van der Waals surface area (Å²) in [4.78, 5) is 30.5. The third-order valence-corrected chi connectivity index (χ3v) is 7.79. The zero-order valence-electron chi connectivity index (χ0n) is 20.6. The molecule has 0 aromatic heterocycles. The van der Waals surface area contributed by atoms with Crippen LogP contribution in [-0.2, 0) is 16.0 Å². The number of hydrogen-bond donors (Lipinski definition) is 1. The lowest BCUT2D eigenvalue weighted by Crippen LogP contribution is -2.46. The molecule has 1 amide bonds. The van der Waals surface area contributed by atoms with E-state index in [9.17, 15) is 14.7 Å². The second-order valence-electron chi connectivity index (χ2n) is 10.2. The first-order chi connectivity index (χ1) is 17.6. The van der Waals surface area contributed by atoms with Crippen molar-refractivity contribution in [2.75, 3.05) is 19.6 Å². The predicted molar refractivity (Wildman–Crippen MR) is 141 cm³/mol. The van der Waals surface area contributed by atoms with Crippen LogP contribution in [0.1, 0.15) is 41.9 Å². The molecule has 2 saturated heterocycles. The van der Waals surface area contributed by atoms with E-state index in [4.69, 9.17) is 0 Å². The van der Waals surface area contributed by atoms with Crippen LogP contribution in [0.15, 0.2) is 91.0 Å². The molecule has 2 aliphatic heterocycles. The smallest absolute Gasteiger partial charge is 0.326 e. The van der Waals surface area contributed by atoms with Crippen LogP contribution >= 0.6 is 0 Å². The van der Waals surface area contributed by atoms with Gasteiger partial charge < -0.3 is 10.0 Å². The molecule has 186 valence electrons. The van der Waals surface area contributed by atoms with Crippen LogP contribution in [0.4, 0.5) is 0 Å². The zero-order chi connectivity index (χ0) is 24.9. The Morgan fingerprint density at radius 3 is 2.00 bits per heavy atom. The van der Waals surface area contributed by atoms with E-state index in [0.29, 0.717) is 18.9 Å². The number of carboxylic acids is 1. The minimum atomic E-state index is -0.913. The van der Waals surface area contributed by atoms with Gasteiger partial charge in [-0.3, -0.25) is 9.69 Å². The average Bonchev–Trinajstić information content (AvgIpc) is 3.37. The summed E-state index contributed by atoms with van der Waals surface area (Å²) in [5.74, 6) is -1.00. The molecule has 5 heteroatoms. The lowest BCUT2D eigenvalue weighted by atomic mass is 9.90. The fourth-order valence-electron chi connectivity index (χ4n) is 6.03. The number of aliphatic carboxylic acids is 1. The Balaban J connectivity index is 1.35. The van der Waals surface area contributed by atoms with E-state index in [1.54, 1.807) is 4.90 Å². The Bertz CT molecular complexity index is 1110. The van der Waals surface area contributed by atoms with Crippen LogP contribution in [0.25, 0.3) is 0 Å². The van der Waals surface area contributed by atoms with Gasteiger partial charge >= 0.3 is 5.97 Å². The van der Waals surface area contributed by atoms with Crippen molar-refractivity contribution in [3.63, 3.8) is 0 Å². The Labute approximate surface area is 213 Å². The van der Waals surface area contributed by atoms with E-state index >= 15 is 0 Å². The van der Waals surface area contributed by atoms with Crippen molar-refractivity contribution >= 4 is 11.9 Å². The fourth-order valence-corrected chi connectivity index (χ4v) is 6.03. The summed E-state index contributed by atoms with van der Waals surface area (Å²) in [7, 11) is 0. The number of carbonyl (C=O) groups excluding carboxylic acids is 1. The lowest BCUT2D eigenvalue weighted by molar-refractivity contribution is -0.148. The molecule has 5 rings (SSSR count). The van der Waals surface area contributed by atoms with Crippen LogP contribution in [0.5, 0.6) is 0 Å². The summed E-state index contributed by atoms with van der Waals surface area (Å²) in [6.45, 7) is 2.38. The summed E-state index contributed by atoms with van der Waals surface area (Å²) in [6.07, 6.45) is 3.82. The molecule has 0 radical (unpaired) electrons. The van der Waals surface area contributed by atoms with Crippen LogP contribution in [0.3, 0.4) is 0 Å². The Kier molecular flexibility index (Phi) is 7.47. The van der Waals surface area contributed by atoms with Gasteiger partial charge in [-0.1, -0.05) is 91.0 Å². The largest absolute Gasteiger partial charge is 0.480 e. The van der Waals surface area contributed by atoms with E-state index in [1.165, 1.54) is 12.0 Å². The van der Waals surface area contributed by atoms with Crippen molar-refractivity contribution in [1.82, 2.24) is 9.80 Å². The molecule has 1 unspecified atom stereocenters. The Morgan fingerprint density at radius 1 is 0.833 bits per heavy atom. The van der Waals surface area contributed by atoms with Gasteiger partial charge in [-0.05, 0) is 54.8 Å². The molecule has 2 fully saturated rings. The number of rotatable bonds is 7. The third kappa shape index (κ3) is 5.36. The molecule has 5 nitrogen and oxygen atoms in total. The standard InChI is InChI=1S/C31H34N2O3/c34-30(29(25-14-6-2-7-15-25)26-16-8-3-9-17-26)33-22-27(20-28(33)31(35)36)32-18-10-13-24(21-32)19-23-11-4-1-5-12-23/h1-9,11-12,14-17,24,27-29H,10,13,18-22H2,(H,35,36)/t24?,27-,28-/m0/s1. The van der Waals surface area contributed by atoms with Crippen LogP contribution in [0.2, 0.25) is 0 Å². The second kappa shape index (κ2) is 11.1. The first-order valence-electron chi connectivity index (χ1n) is 13.0. The van der Waals surface area contributed by atoms with Gasteiger partial charge in [0.2, 0.25) is 5.91 Å². The predicted octanol–water partition coefficient (Wildman–Crippen LogP) is 4.83. The molecule has 3 aromatic carbocycles. The van der Waals surface area contributed by atoms with Gasteiger partial charge in [-0.2, -0.15) is 0 Å². The van der Waals surface area contributed by atoms with Gasteiger partial charge in [-0.25, -0.2) is 4.79 Å². The van der Waals surface area contributed by atoms with E-state index in [0.717, 1.165) is 37.1 Å². The van der Waals surface area contributed by atoms with E-state index in [2.05, 4.69) is 29.2 Å². The number of likely N-dealkylation sites (tertiary alicyclic amines) is 2. The van der Waals surface area contributed by atoms with Crippen molar-refractivity contribution < 1.29 is 14.7 Å². The summed E-state index contributed by atoms with van der Waals surface area (Å²) < 4.78 is 0. The quantitative estimate of drug-likeness (QED) is 0.524. The SMILES string of the molecule is O=C(O)[C@@H]1C[C@H](N2CCCC(Cc3ccccc3)C2)CN1C(=O)C(c1ccccc1)c1ccccc1. The molecule has 3 atom stereocenters. The number of hydrogen-bond acceptors (Lipinski definition) is 3. The minimum absolute atomic E-state index is 0.0702. The number of benzene rings is 3. The maximum atomic E-state index is 14.0. The van der Waals surface area contributed by atoms with Gasteiger partial charge in [0.1, 0.15) is 6.04 Å². The summed E-state index contributed by atoms with van der Waals surface area (Å²) in [6, 6.07) is 29.3. The molecule has 0 spiro atoms. The number of piperidine rings is 1. The molecule has 2 heterocycles. The van der Waals surface area contributed by atoms with Crippen molar-refractivity contribution in [2.24, 2.45) is 5.92 Å². The highest BCUT2D eigenvalue weighted by molar-refractivity contribution is 5.91. The maximum Gasteiger partial charge on any atom is 0.326 e. The van der Waals surface area contributed by atoms with Crippen molar-refractivity contribution in [1.29, 1.82) is 0 Å². The average molecular weight is 483 g/mol. The van der Waals surface area contributed by atoms with Gasteiger partial charge in [0.05, 0.1) is 5.92 Å². The van der Waals surface area contributed by atoms with Crippen molar-refractivity contribution in [3.8, 4) is 0 Å². The number of nitrogens with zero attached hydrogens (tertiary/aromatic N) is 2. The van der Waals surface area contributed by atoms with E-state index in [-0.39, 0.29) is 11.9 Å². The maximum absolute atomic E-state index is 14.0. The number of carboxylic acid groups (broad SMARTS) is 1. The normalized spacial score (nSPS) is 22.6. The summed E-state index contributed by atoms with van der Waals surface area (Å²) in [5, 5.41) is 10.1. The monoisotopic (exact) mass is 482 g/mol. The topological polar surface area (TPSA) is 60.9 Å². The van der Waals surface area contributed by atoms with Crippen LogP contribution in [-0.4, -0.2) is 58.5 Å². The zero-order valence-corrected chi connectivity index (χ0v) is 20.6. The van der Waals surface area contributed by atoms with Gasteiger partial charge in [0, 0.05) is 19.1 Å². The first kappa shape index (κ1) is 24.3. The molecule has 2 aliphatic rings. The van der Waals surface area contributed by atoms with Crippen molar-refractivity contribution in [3.05, 3.63) is 108 Å². The molecule has 0 aliphatic carbocycles. The summed E-state index contributed by atoms with van der Waals surface area (Å²) >= 11 is 0. The third-order valence-electron chi connectivity index (χ3n) is 7.79. The molecular formula is C31H34N2O3. The Morgan fingerprint density at radius 2 is 1.42 bits per heavy atom. The minimum Gasteiger partial charge on any atom is -0.480 e. The second-order valence-corrected chi connectivity index (χ2v) is 10.2. The molecule has 3 aromatic rings. The van der Waals surface area contributed by atoms with Gasteiger partial charge in [0.15, 0.2) is 0 Å². The van der Waals surface area contributed by atoms with Crippen molar-refractivity contribution in [2.45, 2.75) is 43.7 Å². The molecule has 0 bridgehead atoms. The highest BCUT2D eigenvalue weighted by Gasteiger charge is 2.44. The molecular weight excluding hydrogens is 448 g/mol. The van der Waals surface area contributed by atoms with E-state index < -0.39 is 17.9 Å². The van der Waals surface area contributed by atoms with Crippen LogP contribution in [0, 0.1) is 5.92 Å². The highest BCUT2D eigenvalue weighted by Crippen LogP contribution is 2.33. The number of carbonyl (C=O) groups is 2. The lowest BCUT2D eigenvalue weighted by Gasteiger charge is -2.37. The fraction of sp³-hybridized carbons (Fsp3) is 0.355. The molecule has 1 N–H and O–H groups in total.